The van der Waals surface area contributed by atoms with Crippen LogP contribution in [0.25, 0.3) is 0 Å². The lowest BCUT2D eigenvalue weighted by Crippen LogP contribution is -2.48. The van der Waals surface area contributed by atoms with Crippen molar-refractivity contribution >= 4 is 11.9 Å². The first-order valence-corrected chi connectivity index (χ1v) is 26.7. The summed E-state index contributed by atoms with van der Waals surface area (Å²) in [5.74, 6) is 6.39. The van der Waals surface area contributed by atoms with E-state index in [4.69, 9.17) is 9.47 Å². The lowest BCUT2D eigenvalue weighted by molar-refractivity contribution is -0.148. The van der Waals surface area contributed by atoms with E-state index in [-0.39, 0.29) is 45.8 Å². The van der Waals surface area contributed by atoms with Gasteiger partial charge in [0.1, 0.15) is 12.2 Å². The normalized spacial score (nSPS) is 41.4. The van der Waals surface area contributed by atoms with E-state index in [1.807, 2.05) is 11.1 Å². The highest BCUT2D eigenvalue weighted by molar-refractivity contribution is 5.66. The van der Waals surface area contributed by atoms with E-state index >= 15 is 0 Å². The van der Waals surface area contributed by atoms with Gasteiger partial charge in [0, 0.05) is 49.4 Å². The zero-order valence-corrected chi connectivity index (χ0v) is 43.1. The van der Waals surface area contributed by atoms with Gasteiger partial charge in [-0.3, -0.25) is 9.59 Å². The Morgan fingerprint density at radius 3 is 1.27 bits per heavy atom. The summed E-state index contributed by atoms with van der Waals surface area (Å²) < 4.78 is 12.2. The number of fused-ring (bicyclic) bond motifs is 8. The molecule has 4 fully saturated rings. The standard InChI is InChI=1S/C60H90O4/c1-35(2)37(5)15-17-39(7)49-19-21-51-55-47(33-43-31-45(63-41(9)61)23-27-57(43,11)53(55)25-29-59(49,51)13)48-34-44-32-46(64-42(10)62)24-28-58(44,12)54-26-30-60(14)50(20-22-52(60)56(48)54)40(8)18-16-38(6)36(3)4/h15-18,33-40,45-52H,19-32H2,1-14H3. The third kappa shape index (κ3) is 8.17. The summed E-state index contributed by atoms with van der Waals surface area (Å²) in [5, 5.41) is 0. The maximum absolute atomic E-state index is 12.5. The average molecular weight is 875 g/mol. The number of ether oxygens (including phenoxy) is 2. The predicted octanol–water partition coefficient (Wildman–Crippen LogP) is 15.6. The van der Waals surface area contributed by atoms with Gasteiger partial charge in [-0.1, -0.05) is 153 Å². The molecular weight excluding hydrogens is 785 g/mol. The molecule has 0 aromatic carbocycles. The fourth-order valence-corrected chi connectivity index (χ4v) is 16.4. The molecule has 0 aromatic rings. The number of carbonyl (C=O) groups is 2. The third-order valence-corrected chi connectivity index (χ3v) is 21.0. The second-order valence-corrected chi connectivity index (χ2v) is 25.1. The molecule has 0 aromatic heterocycles. The van der Waals surface area contributed by atoms with Crippen LogP contribution in [0.5, 0.6) is 0 Å². The molecule has 354 valence electrons. The van der Waals surface area contributed by atoms with Gasteiger partial charge in [-0.25, -0.2) is 0 Å². The van der Waals surface area contributed by atoms with Gasteiger partial charge in [-0.05, 0) is 147 Å². The molecule has 16 unspecified atom stereocenters. The van der Waals surface area contributed by atoms with Crippen molar-refractivity contribution in [3.63, 3.8) is 0 Å². The average Bonchev–Trinajstić information content (AvgIpc) is 3.78. The Morgan fingerprint density at radius 1 is 0.547 bits per heavy atom. The first-order valence-electron chi connectivity index (χ1n) is 26.7. The number of allylic oxidation sites excluding steroid dienone is 10. The molecule has 4 heteroatoms. The zero-order valence-electron chi connectivity index (χ0n) is 43.1. The predicted molar refractivity (Wildman–Crippen MR) is 264 cm³/mol. The summed E-state index contributed by atoms with van der Waals surface area (Å²) in [6, 6.07) is 0. The van der Waals surface area contributed by atoms with Crippen molar-refractivity contribution in [1.29, 1.82) is 0 Å². The Morgan fingerprint density at radius 2 is 0.922 bits per heavy atom. The number of esters is 2. The molecule has 0 aliphatic heterocycles. The molecule has 8 rings (SSSR count). The van der Waals surface area contributed by atoms with Crippen LogP contribution in [0.1, 0.15) is 187 Å². The van der Waals surface area contributed by atoms with Crippen molar-refractivity contribution in [1.82, 2.24) is 0 Å². The van der Waals surface area contributed by atoms with Crippen molar-refractivity contribution in [2.75, 3.05) is 0 Å². The van der Waals surface area contributed by atoms with Crippen molar-refractivity contribution in [3.05, 3.63) is 69.9 Å². The highest BCUT2D eigenvalue weighted by Crippen LogP contribution is 2.71. The number of hydrogen-bond donors (Lipinski definition) is 0. The van der Waals surface area contributed by atoms with Crippen molar-refractivity contribution in [3.8, 4) is 0 Å². The Kier molecular flexibility index (Phi) is 13.3. The molecule has 0 N–H and O–H groups in total. The third-order valence-electron chi connectivity index (χ3n) is 21.0. The Balaban J connectivity index is 1.26. The molecule has 16 atom stereocenters. The zero-order chi connectivity index (χ0) is 46.3. The van der Waals surface area contributed by atoms with Crippen LogP contribution in [-0.2, 0) is 19.1 Å². The largest absolute Gasteiger partial charge is 0.462 e. The van der Waals surface area contributed by atoms with Gasteiger partial charge >= 0.3 is 11.9 Å². The van der Waals surface area contributed by atoms with Crippen LogP contribution in [0.15, 0.2) is 69.9 Å². The van der Waals surface area contributed by atoms with Crippen LogP contribution in [0.3, 0.4) is 0 Å². The summed E-state index contributed by atoms with van der Waals surface area (Å²) in [4.78, 5) is 25.0. The smallest absolute Gasteiger partial charge is 0.302 e. The maximum Gasteiger partial charge on any atom is 0.302 e. The molecule has 0 spiro atoms. The van der Waals surface area contributed by atoms with E-state index in [9.17, 15) is 9.59 Å². The molecule has 0 saturated heterocycles. The lowest BCUT2D eigenvalue weighted by atomic mass is 9.47. The minimum absolute atomic E-state index is 0.0212. The summed E-state index contributed by atoms with van der Waals surface area (Å²) >= 11 is 0. The quantitative estimate of drug-likeness (QED) is 0.153. The molecular formula is C60H90O4. The van der Waals surface area contributed by atoms with E-state index < -0.39 is 0 Å². The summed E-state index contributed by atoms with van der Waals surface area (Å²) in [5.41, 5.74) is 10.8. The van der Waals surface area contributed by atoms with Crippen molar-refractivity contribution in [2.24, 2.45) is 92.7 Å². The number of carbonyl (C=O) groups excluding carboxylic acids is 2. The van der Waals surface area contributed by atoms with E-state index in [0.717, 1.165) is 38.5 Å². The second kappa shape index (κ2) is 17.8. The monoisotopic (exact) mass is 875 g/mol. The van der Waals surface area contributed by atoms with Crippen LogP contribution in [0.2, 0.25) is 0 Å². The summed E-state index contributed by atoms with van der Waals surface area (Å²) in [6.45, 7) is 33.0. The van der Waals surface area contributed by atoms with E-state index in [0.29, 0.717) is 71.0 Å². The minimum Gasteiger partial charge on any atom is -0.462 e. The Bertz CT molecular complexity index is 1860. The number of rotatable bonds is 11. The maximum atomic E-state index is 12.5. The van der Waals surface area contributed by atoms with Gasteiger partial charge in [0.2, 0.25) is 0 Å². The van der Waals surface area contributed by atoms with Crippen LogP contribution in [-0.4, -0.2) is 24.1 Å². The van der Waals surface area contributed by atoms with Crippen LogP contribution in [0.4, 0.5) is 0 Å². The summed E-state index contributed by atoms with van der Waals surface area (Å²) in [7, 11) is 0. The fourth-order valence-electron chi connectivity index (χ4n) is 16.4. The number of hydrogen-bond acceptors (Lipinski definition) is 4. The van der Waals surface area contributed by atoms with Crippen molar-refractivity contribution in [2.45, 2.75) is 199 Å². The van der Waals surface area contributed by atoms with E-state index in [1.54, 1.807) is 36.1 Å². The molecule has 64 heavy (non-hydrogen) atoms. The molecule has 8 aliphatic carbocycles. The fraction of sp³-hybridized carbons (Fsp3) is 0.767. The SMILES string of the molecule is CC(=O)OC1CCC2(C)C(=CC(C3C=C4CC(OC(C)=O)CCC4(C)C4=C3C3CCC(C(C)C=CC(C)C(C)C)C3(C)CC4)C3=C2CCC2(C)C3CCC2C(C)C=CC(C)C(C)C)C1. The lowest BCUT2D eigenvalue weighted by Gasteiger charge is -2.58. The molecule has 0 amide bonds. The molecule has 0 heterocycles. The molecule has 0 bridgehead atoms. The molecule has 0 radical (unpaired) electrons. The highest BCUT2D eigenvalue weighted by Gasteiger charge is 2.61. The first-order chi connectivity index (χ1) is 30.1. The van der Waals surface area contributed by atoms with Gasteiger partial charge in [-0.15, -0.1) is 0 Å². The van der Waals surface area contributed by atoms with E-state index in [1.165, 1.54) is 51.4 Å². The van der Waals surface area contributed by atoms with Gasteiger partial charge in [-0.2, -0.15) is 0 Å². The highest BCUT2D eigenvalue weighted by atomic mass is 16.5. The minimum atomic E-state index is -0.149. The molecule has 4 saturated carbocycles. The topological polar surface area (TPSA) is 52.6 Å². The van der Waals surface area contributed by atoms with Gasteiger partial charge < -0.3 is 9.47 Å². The van der Waals surface area contributed by atoms with E-state index in [2.05, 4.69) is 120 Å². The first kappa shape index (κ1) is 47.9. The molecule has 4 nitrogen and oxygen atoms in total. The van der Waals surface area contributed by atoms with Crippen LogP contribution >= 0.6 is 0 Å². The second-order valence-electron chi connectivity index (χ2n) is 25.1. The Hall–Kier alpha value is -2.62. The van der Waals surface area contributed by atoms with Crippen LogP contribution < -0.4 is 0 Å². The summed E-state index contributed by atoms with van der Waals surface area (Å²) in [6.07, 6.45) is 31.6. The van der Waals surface area contributed by atoms with Gasteiger partial charge in [0.05, 0.1) is 0 Å². The Labute approximate surface area is 391 Å². The van der Waals surface area contributed by atoms with Crippen molar-refractivity contribution < 1.29 is 19.1 Å². The van der Waals surface area contributed by atoms with Crippen LogP contribution in [0, 0.1) is 92.7 Å². The molecule has 8 aliphatic rings. The van der Waals surface area contributed by atoms with Gasteiger partial charge in [0.25, 0.3) is 0 Å². The van der Waals surface area contributed by atoms with Gasteiger partial charge in [0.15, 0.2) is 0 Å².